The second-order valence-electron chi connectivity index (χ2n) is 8.09. The van der Waals surface area contributed by atoms with E-state index < -0.39 is 60.2 Å². The van der Waals surface area contributed by atoms with Crippen LogP contribution in [0.3, 0.4) is 0 Å². The molecule has 1 aromatic carbocycles. The molecule has 12 nitrogen and oxygen atoms in total. The summed E-state index contributed by atoms with van der Waals surface area (Å²) < 4.78 is 38.2. The van der Waals surface area contributed by atoms with E-state index in [1.807, 2.05) is 0 Å². The van der Waals surface area contributed by atoms with E-state index in [-0.39, 0.29) is 17.9 Å². The van der Waals surface area contributed by atoms with E-state index in [1.54, 1.807) is 19.1 Å². The van der Waals surface area contributed by atoms with Crippen molar-refractivity contribution in [3.8, 4) is 5.75 Å². The predicted octanol–water partition coefficient (Wildman–Crippen LogP) is 1.56. The predicted molar refractivity (Wildman–Crippen MR) is 120 cm³/mol. The minimum atomic E-state index is -1.40. The average molecular weight is 506 g/mol. The Hall–Kier alpha value is -3.93. The summed E-state index contributed by atoms with van der Waals surface area (Å²) in [5.41, 5.74) is 0.382. The van der Waals surface area contributed by atoms with Gasteiger partial charge in [0, 0.05) is 45.2 Å². The number of ether oxygens (including phenoxy) is 6. The fourth-order valence-electron chi connectivity index (χ4n) is 3.80. The number of carbonyl (C=O) groups excluding carboxylic acids is 4. The Morgan fingerprint density at radius 3 is 2.06 bits per heavy atom. The minimum absolute atomic E-state index is 0.164. The zero-order valence-electron chi connectivity index (χ0n) is 20.3. The van der Waals surface area contributed by atoms with Gasteiger partial charge in [0.15, 0.2) is 12.2 Å². The molecule has 0 unspecified atom stereocenters. The summed E-state index contributed by atoms with van der Waals surface area (Å²) >= 11 is 0. The highest BCUT2D eigenvalue weighted by Gasteiger charge is 2.53. The molecule has 0 saturated carbocycles. The third kappa shape index (κ3) is 6.60. The van der Waals surface area contributed by atoms with E-state index >= 15 is 0 Å². The van der Waals surface area contributed by atoms with Crippen molar-refractivity contribution in [3.63, 3.8) is 0 Å². The van der Waals surface area contributed by atoms with Crippen LogP contribution >= 0.6 is 0 Å². The lowest BCUT2D eigenvalue weighted by atomic mass is 9.98. The molecular weight excluding hydrogens is 480 g/mol. The number of rotatable bonds is 7. The Morgan fingerprint density at radius 1 is 0.833 bits per heavy atom. The molecule has 1 aromatic heterocycles. The Labute approximate surface area is 205 Å². The van der Waals surface area contributed by atoms with Crippen molar-refractivity contribution in [1.82, 2.24) is 0 Å². The molecule has 0 radical (unpaired) electrons. The molecule has 0 amide bonds. The summed E-state index contributed by atoms with van der Waals surface area (Å²) in [7, 11) is 0. The van der Waals surface area contributed by atoms with Crippen molar-refractivity contribution in [2.75, 3.05) is 6.61 Å². The third-order valence-corrected chi connectivity index (χ3v) is 5.12. The number of hydrogen-bond acceptors (Lipinski definition) is 12. The number of esters is 4. The number of aryl methyl sites for hydroxylation is 1. The van der Waals surface area contributed by atoms with E-state index in [9.17, 15) is 24.0 Å². The van der Waals surface area contributed by atoms with Crippen LogP contribution in [0.15, 0.2) is 33.5 Å². The largest absolute Gasteiger partial charge is 0.463 e. The van der Waals surface area contributed by atoms with E-state index in [0.29, 0.717) is 10.9 Å². The van der Waals surface area contributed by atoms with Crippen LogP contribution in [0.2, 0.25) is 0 Å². The first-order valence-electron chi connectivity index (χ1n) is 11.0. The molecule has 2 aromatic rings. The van der Waals surface area contributed by atoms with Crippen molar-refractivity contribution >= 4 is 34.8 Å². The van der Waals surface area contributed by atoms with Gasteiger partial charge in [0.1, 0.15) is 24.0 Å². The molecule has 3 rings (SSSR count). The fourth-order valence-corrected chi connectivity index (χ4v) is 3.80. The maximum absolute atomic E-state index is 11.9. The van der Waals surface area contributed by atoms with Crippen LogP contribution in [0.1, 0.15) is 33.3 Å². The molecule has 1 saturated heterocycles. The molecule has 1 fully saturated rings. The van der Waals surface area contributed by atoms with Gasteiger partial charge in [-0.1, -0.05) is 0 Å². The first kappa shape index (κ1) is 26.7. The van der Waals surface area contributed by atoms with E-state index in [4.69, 9.17) is 32.8 Å². The summed E-state index contributed by atoms with van der Waals surface area (Å²) in [6, 6.07) is 6.03. The standard InChI is InChI=1S/C24H26O12/c1-11-8-20(29)35-18-9-16(6-7-17(11)18)34-24-23(33-15(5)28)22(32-14(4)27)21(31-13(3)26)19(36-24)10-30-12(2)25/h6-9,19,21-24H,10H2,1-5H3/t19-,21-,22+,23+,24+/m0/s1. The Balaban J connectivity index is 2.02. The quantitative estimate of drug-likeness (QED) is 0.304. The Morgan fingerprint density at radius 2 is 1.44 bits per heavy atom. The fraction of sp³-hybridized carbons (Fsp3) is 0.458. The van der Waals surface area contributed by atoms with Crippen LogP contribution in [-0.2, 0) is 42.9 Å². The maximum atomic E-state index is 11.9. The van der Waals surface area contributed by atoms with Gasteiger partial charge < -0.3 is 32.8 Å². The zero-order chi connectivity index (χ0) is 26.6. The van der Waals surface area contributed by atoms with Gasteiger partial charge in [-0.05, 0) is 24.6 Å². The Bertz CT molecular complexity index is 1220. The highest BCUT2D eigenvalue weighted by Crippen LogP contribution is 2.32. The Kier molecular flexibility index (Phi) is 8.30. The van der Waals surface area contributed by atoms with Gasteiger partial charge in [0.05, 0.1) is 0 Å². The van der Waals surface area contributed by atoms with Crippen LogP contribution in [0.5, 0.6) is 5.75 Å². The molecule has 5 atom stereocenters. The summed E-state index contributed by atoms with van der Waals surface area (Å²) in [5.74, 6) is -2.73. The number of benzene rings is 1. The van der Waals surface area contributed by atoms with Crippen LogP contribution < -0.4 is 10.4 Å². The lowest BCUT2D eigenvalue weighted by molar-refractivity contribution is -0.288. The van der Waals surface area contributed by atoms with Crippen molar-refractivity contribution in [3.05, 3.63) is 40.2 Å². The van der Waals surface area contributed by atoms with Crippen molar-refractivity contribution < 1.29 is 52.0 Å². The molecule has 0 bridgehead atoms. The molecule has 2 heterocycles. The molecule has 194 valence electrons. The second-order valence-corrected chi connectivity index (χ2v) is 8.09. The molecule has 0 N–H and O–H groups in total. The second kappa shape index (κ2) is 11.2. The van der Waals surface area contributed by atoms with E-state index in [2.05, 4.69) is 0 Å². The third-order valence-electron chi connectivity index (χ3n) is 5.12. The minimum Gasteiger partial charge on any atom is -0.463 e. The highest BCUT2D eigenvalue weighted by atomic mass is 16.7. The molecule has 1 aliphatic rings. The summed E-state index contributed by atoms with van der Waals surface area (Å²) in [5, 5.41) is 0.670. The highest BCUT2D eigenvalue weighted by molar-refractivity contribution is 5.81. The van der Waals surface area contributed by atoms with Crippen LogP contribution in [0.4, 0.5) is 0 Å². The van der Waals surface area contributed by atoms with Gasteiger partial charge in [-0.2, -0.15) is 0 Å². The zero-order valence-corrected chi connectivity index (χ0v) is 20.3. The van der Waals surface area contributed by atoms with Crippen molar-refractivity contribution in [1.29, 1.82) is 0 Å². The number of fused-ring (bicyclic) bond motifs is 1. The molecule has 0 spiro atoms. The van der Waals surface area contributed by atoms with Crippen LogP contribution in [0.25, 0.3) is 11.0 Å². The summed E-state index contributed by atoms with van der Waals surface area (Å²) in [4.78, 5) is 58.9. The lowest BCUT2D eigenvalue weighted by Gasteiger charge is -2.43. The molecular formula is C24H26O12. The first-order valence-corrected chi connectivity index (χ1v) is 11.0. The number of carbonyl (C=O) groups is 4. The monoisotopic (exact) mass is 506 g/mol. The van der Waals surface area contributed by atoms with Crippen LogP contribution in [-0.4, -0.2) is 61.2 Å². The molecule has 12 heteroatoms. The molecule has 0 aliphatic carbocycles. The molecule has 36 heavy (non-hydrogen) atoms. The lowest BCUT2D eigenvalue weighted by Crippen LogP contribution is -2.63. The van der Waals surface area contributed by atoms with Gasteiger partial charge in [-0.15, -0.1) is 0 Å². The van der Waals surface area contributed by atoms with Crippen LogP contribution in [0, 0.1) is 6.92 Å². The van der Waals surface area contributed by atoms with Crippen molar-refractivity contribution in [2.24, 2.45) is 0 Å². The molecule has 1 aliphatic heterocycles. The van der Waals surface area contributed by atoms with Gasteiger partial charge in [-0.25, -0.2) is 4.79 Å². The van der Waals surface area contributed by atoms with Crippen molar-refractivity contribution in [2.45, 2.75) is 65.3 Å². The summed E-state index contributed by atoms with van der Waals surface area (Å²) in [6.07, 6.45) is -6.61. The summed E-state index contributed by atoms with van der Waals surface area (Å²) in [6.45, 7) is 5.91. The first-order chi connectivity index (χ1) is 16.9. The normalized spacial score (nSPS) is 23.4. The van der Waals surface area contributed by atoms with Gasteiger partial charge in [-0.3, -0.25) is 19.2 Å². The van der Waals surface area contributed by atoms with E-state index in [0.717, 1.165) is 20.8 Å². The number of hydrogen-bond donors (Lipinski definition) is 0. The smallest absolute Gasteiger partial charge is 0.336 e. The van der Waals surface area contributed by atoms with Gasteiger partial charge in [0.2, 0.25) is 12.4 Å². The van der Waals surface area contributed by atoms with Gasteiger partial charge in [0.25, 0.3) is 0 Å². The SMILES string of the molecule is CC(=O)OC[C@@H]1O[C@@H](Oc2ccc3c(C)cc(=O)oc3c2)[C@H](OC(C)=O)[C@H](OC(C)=O)[C@H]1OC(C)=O. The topological polar surface area (TPSA) is 154 Å². The average Bonchev–Trinajstić information content (AvgIpc) is 2.75. The van der Waals surface area contributed by atoms with E-state index in [1.165, 1.54) is 19.1 Å². The van der Waals surface area contributed by atoms with Gasteiger partial charge >= 0.3 is 29.5 Å². The maximum Gasteiger partial charge on any atom is 0.336 e.